The molecular weight excluding hydrogens is 282 g/mol. The second kappa shape index (κ2) is 6.41. The first-order valence-electron chi connectivity index (χ1n) is 5.75. The quantitative estimate of drug-likeness (QED) is 0.767. The number of sulfonamides is 1. The van der Waals surface area contributed by atoms with E-state index in [1.54, 1.807) is 6.92 Å². The number of rotatable bonds is 6. The van der Waals surface area contributed by atoms with Crippen molar-refractivity contribution >= 4 is 16.0 Å². The molecule has 20 heavy (non-hydrogen) atoms. The van der Waals surface area contributed by atoms with Crippen LogP contribution in [-0.2, 0) is 10.0 Å². The molecule has 1 aromatic carbocycles. The molecule has 2 N–H and O–H groups in total. The summed E-state index contributed by atoms with van der Waals surface area (Å²) in [6.45, 7) is 1.75. The van der Waals surface area contributed by atoms with E-state index in [1.807, 2.05) is 0 Å². The van der Waals surface area contributed by atoms with Crippen molar-refractivity contribution in [2.75, 3.05) is 7.11 Å². The maximum absolute atomic E-state index is 12.2. The molecular formula is C13H15NO5S. The summed E-state index contributed by atoms with van der Waals surface area (Å²) in [6.07, 6.45) is 5.65. The fourth-order valence-corrected chi connectivity index (χ4v) is 2.90. The van der Waals surface area contributed by atoms with Gasteiger partial charge >= 0.3 is 5.97 Å². The maximum atomic E-state index is 12.2. The molecule has 0 aliphatic heterocycles. The van der Waals surface area contributed by atoms with Crippen LogP contribution in [0.2, 0.25) is 0 Å². The van der Waals surface area contributed by atoms with Crippen LogP contribution in [0.15, 0.2) is 23.1 Å². The van der Waals surface area contributed by atoms with Crippen molar-refractivity contribution < 1.29 is 23.1 Å². The molecule has 1 rings (SSSR count). The average Bonchev–Trinajstić information content (AvgIpc) is 2.43. The number of carboxylic acids is 1. The number of ether oxygens (including phenoxy) is 1. The van der Waals surface area contributed by atoms with Gasteiger partial charge in [-0.2, -0.15) is 4.72 Å². The van der Waals surface area contributed by atoms with Crippen molar-refractivity contribution in [3.05, 3.63) is 23.8 Å². The lowest BCUT2D eigenvalue weighted by molar-refractivity contribution is 0.0696. The fraction of sp³-hybridized carbons (Fsp3) is 0.308. The van der Waals surface area contributed by atoms with Gasteiger partial charge in [0, 0.05) is 0 Å². The minimum Gasteiger partial charge on any atom is -0.495 e. The van der Waals surface area contributed by atoms with Crippen LogP contribution >= 0.6 is 0 Å². The number of carbonyl (C=O) groups is 1. The normalized spacial score (nSPS) is 12.4. The number of hydrogen-bond acceptors (Lipinski definition) is 4. The van der Waals surface area contributed by atoms with Gasteiger partial charge in [-0.15, -0.1) is 6.42 Å². The summed E-state index contributed by atoms with van der Waals surface area (Å²) in [5, 5.41) is 8.87. The van der Waals surface area contributed by atoms with E-state index in [2.05, 4.69) is 10.6 Å². The van der Waals surface area contributed by atoms with Crippen LogP contribution in [0, 0.1) is 12.3 Å². The number of terminal acetylenes is 1. The van der Waals surface area contributed by atoms with Crippen molar-refractivity contribution in [2.45, 2.75) is 24.3 Å². The lowest BCUT2D eigenvalue weighted by Gasteiger charge is -2.14. The Kier molecular flexibility index (Phi) is 5.13. The van der Waals surface area contributed by atoms with Gasteiger partial charge in [-0.3, -0.25) is 0 Å². The molecule has 7 heteroatoms. The standard InChI is InChI=1S/C13H15NO5S/c1-4-10(5-2)14-20(17,18)12-7-6-9(13(15)16)8-11(12)19-3/h1,6-8,10,14H,5H2,2-3H3,(H,15,16). The number of carboxylic acid groups (broad SMARTS) is 1. The lowest BCUT2D eigenvalue weighted by Crippen LogP contribution is -2.33. The van der Waals surface area contributed by atoms with E-state index in [1.165, 1.54) is 19.2 Å². The molecule has 108 valence electrons. The number of hydrogen-bond donors (Lipinski definition) is 2. The highest BCUT2D eigenvalue weighted by molar-refractivity contribution is 7.89. The summed E-state index contributed by atoms with van der Waals surface area (Å²) in [6, 6.07) is 2.88. The first-order valence-corrected chi connectivity index (χ1v) is 7.23. The van der Waals surface area contributed by atoms with E-state index in [4.69, 9.17) is 16.3 Å². The van der Waals surface area contributed by atoms with Crippen molar-refractivity contribution in [3.63, 3.8) is 0 Å². The zero-order valence-corrected chi connectivity index (χ0v) is 11.9. The smallest absolute Gasteiger partial charge is 0.335 e. The van der Waals surface area contributed by atoms with E-state index in [0.29, 0.717) is 6.42 Å². The molecule has 0 aliphatic carbocycles. The van der Waals surface area contributed by atoms with Crippen LogP contribution in [-0.4, -0.2) is 32.6 Å². The Morgan fingerprint density at radius 1 is 1.55 bits per heavy atom. The van der Waals surface area contributed by atoms with Crippen molar-refractivity contribution in [2.24, 2.45) is 0 Å². The summed E-state index contributed by atoms with van der Waals surface area (Å²) < 4.78 is 31.7. The Balaban J connectivity index is 3.25. The van der Waals surface area contributed by atoms with Crippen molar-refractivity contribution in [1.29, 1.82) is 0 Å². The highest BCUT2D eigenvalue weighted by Gasteiger charge is 2.23. The highest BCUT2D eigenvalue weighted by Crippen LogP contribution is 2.25. The summed E-state index contributed by atoms with van der Waals surface area (Å²) in [5.41, 5.74) is -0.0650. The molecule has 0 aliphatic rings. The summed E-state index contributed by atoms with van der Waals surface area (Å²) in [4.78, 5) is 10.7. The molecule has 0 spiro atoms. The van der Waals surface area contributed by atoms with Crippen molar-refractivity contribution in [1.82, 2.24) is 4.72 Å². The maximum Gasteiger partial charge on any atom is 0.335 e. The topological polar surface area (TPSA) is 92.7 Å². The van der Waals surface area contributed by atoms with E-state index in [-0.39, 0.29) is 16.2 Å². The number of nitrogens with one attached hydrogen (secondary N) is 1. The van der Waals surface area contributed by atoms with Gasteiger partial charge in [0.1, 0.15) is 10.6 Å². The van der Waals surface area contributed by atoms with Crippen LogP contribution in [0.5, 0.6) is 5.75 Å². The van der Waals surface area contributed by atoms with E-state index < -0.39 is 22.0 Å². The minimum absolute atomic E-state index is 0.0516. The molecule has 1 unspecified atom stereocenters. The molecule has 0 amide bonds. The van der Waals surface area contributed by atoms with E-state index in [9.17, 15) is 13.2 Å². The summed E-state index contributed by atoms with van der Waals surface area (Å²) in [5.74, 6) is 1.10. The van der Waals surface area contributed by atoms with E-state index >= 15 is 0 Å². The Morgan fingerprint density at radius 3 is 2.65 bits per heavy atom. The molecule has 0 aromatic heterocycles. The first kappa shape index (κ1) is 16.0. The predicted molar refractivity (Wildman–Crippen MR) is 73.2 cm³/mol. The SMILES string of the molecule is C#CC(CC)NS(=O)(=O)c1ccc(C(=O)O)cc1OC. The lowest BCUT2D eigenvalue weighted by atomic mass is 10.2. The van der Waals surface area contributed by atoms with Crippen LogP contribution in [0.25, 0.3) is 0 Å². The Labute approximate surface area is 117 Å². The van der Waals surface area contributed by atoms with Crippen molar-refractivity contribution in [3.8, 4) is 18.1 Å². The first-order chi connectivity index (χ1) is 9.35. The second-order valence-electron chi connectivity index (χ2n) is 3.92. The largest absolute Gasteiger partial charge is 0.495 e. The predicted octanol–water partition coefficient (Wildman–Crippen LogP) is 1.08. The second-order valence-corrected chi connectivity index (χ2v) is 5.60. The third kappa shape index (κ3) is 3.50. The third-order valence-electron chi connectivity index (χ3n) is 2.61. The van der Waals surface area contributed by atoms with Crippen LogP contribution in [0.1, 0.15) is 23.7 Å². The van der Waals surface area contributed by atoms with Gasteiger partial charge in [0.25, 0.3) is 0 Å². The fourth-order valence-electron chi connectivity index (χ4n) is 1.51. The summed E-state index contributed by atoms with van der Waals surface area (Å²) in [7, 11) is -2.62. The number of aromatic carboxylic acids is 1. The average molecular weight is 297 g/mol. The molecule has 1 aromatic rings. The molecule has 0 bridgehead atoms. The van der Waals surface area contributed by atoms with Crippen LogP contribution in [0.4, 0.5) is 0 Å². The highest BCUT2D eigenvalue weighted by atomic mass is 32.2. The van der Waals surface area contributed by atoms with Gasteiger partial charge in [-0.1, -0.05) is 12.8 Å². The van der Waals surface area contributed by atoms with Gasteiger partial charge in [-0.05, 0) is 24.6 Å². The molecule has 0 fully saturated rings. The van der Waals surface area contributed by atoms with Crippen LogP contribution in [0.3, 0.4) is 0 Å². The van der Waals surface area contributed by atoms with Gasteiger partial charge in [0.2, 0.25) is 10.0 Å². The molecule has 0 radical (unpaired) electrons. The molecule has 0 saturated carbocycles. The Bertz CT molecular complexity index is 645. The zero-order chi connectivity index (χ0) is 15.3. The van der Waals surface area contributed by atoms with Gasteiger partial charge in [-0.25, -0.2) is 13.2 Å². The van der Waals surface area contributed by atoms with Gasteiger partial charge in [0.15, 0.2) is 0 Å². The molecule has 1 atom stereocenters. The molecule has 0 heterocycles. The Morgan fingerprint density at radius 2 is 2.20 bits per heavy atom. The summed E-state index contributed by atoms with van der Waals surface area (Å²) >= 11 is 0. The van der Waals surface area contributed by atoms with Crippen LogP contribution < -0.4 is 9.46 Å². The Hall–Kier alpha value is -2.04. The third-order valence-corrected chi connectivity index (χ3v) is 4.12. The monoisotopic (exact) mass is 297 g/mol. The zero-order valence-electron chi connectivity index (χ0n) is 11.1. The van der Waals surface area contributed by atoms with E-state index in [0.717, 1.165) is 6.07 Å². The van der Waals surface area contributed by atoms with Gasteiger partial charge in [0.05, 0.1) is 18.7 Å². The minimum atomic E-state index is -3.88. The number of methoxy groups -OCH3 is 1. The molecule has 0 saturated heterocycles. The molecule has 6 nitrogen and oxygen atoms in total. The number of benzene rings is 1. The van der Waals surface area contributed by atoms with Gasteiger partial charge < -0.3 is 9.84 Å².